The van der Waals surface area contributed by atoms with Crippen molar-refractivity contribution in [2.45, 2.75) is 92.6 Å². The second-order valence-corrected chi connectivity index (χ2v) is 10.5. The van der Waals surface area contributed by atoms with Gasteiger partial charge in [0.05, 0.1) is 0 Å². The predicted molar refractivity (Wildman–Crippen MR) is 151 cm³/mol. The number of likely N-dealkylation sites (tertiary alicyclic amines) is 1. The molecule has 5 heteroatoms. The highest BCUT2D eigenvalue weighted by molar-refractivity contribution is 5.87. The van der Waals surface area contributed by atoms with E-state index in [9.17, 15) is 4.79 Å². The lowest BCUT2D eigenvalue weighted by Crippen LogP contribution is -2.49. The lowest BCUT2D eigenvalue weighted by molar-refractivity contribution is 0.00666. The van der Waals surface area contributed by atoms with Crippen LogP contribution in [0.2, 0.25) is 0 Å². The Kier molecular flexibility index (Phi) is 10.3. The van der Waals surface area contributed by atoms with E-state index in [0.717, 1.165) is 51.9 Å². The maximum Gasteiger partial charge on any atom is 0.410 e. The van der Waals surface area contributed by atoms with Gasteiger partial charge in [0.2, 0.25) is 0 Å². The zero-order chi connectivity index (χ0) is 26.2. The number of anilines is 1. The number of fused-ring (bicyclic) bond motifs is 1. The van der Waals surface area contributed by atoms with E-state index >= 15 is 0 Å². The summed E-state index contributed by atoms with van der Waals surface area (Å²) in [4.78, 5) is 20.5. The van der Waals surface area contributed by atoms with Crippen molar-refractivity contribution in [2.24, 2.45) is 5.41 Å². The quantitative estimate of drug-likeness (QED) is 0.454. The summed E-state index contributed by atoms with van der Waals surface area (Å²) in [7, 11) is 0. The second-order valence-electron chi connectivity index (χ2n) is 10.5. The van der Waals surface area contributed by atoms with Crippen LogP contribution in [0.5, 0.6) is 0 Å². The van der Waals surface area contributed by atoms with Crippen molar-refractivity contribution in [1.82, 2.24) is 9.88 Å². The van der Waals surface area contributed by atoms with Gasteiger partial charge in [-0.25, -0.2) is 4.79 Å². The molecule has 0 aliphatic carbocycles. The van der Waals surface area contributed by atoms with Crippen molar-refractivity contribution in [3.8, 4) is 0 Å². The molecule has 2 aliphatic rings. The molecule has 1 aromatic heterocycles. The first-order valence-corrected chi connectivity index (χ1v) is 13.6. The van der Waals surface area contributed by atoms with Crippen LogP contribution >= 0.6 is 0 Å². The van der Waals surface area contributed by atoms with Gasteiger partial charge < -0.3 is 19.5 Å². The summed E-state index contributed by atoms with van der Waals surface area (Å²) >= 11 is 0. The minimum atomic E-state index is -0.423. The number of nitrogens with one attached hydrogen (secondary N) is 1. The summed E-state index contributed by atoms with van der Waals surface area (Å²) in [6.07, 6.45) is 6.58. The fourth-order valence-corrected chi connectivity index (χ4v) is 5.43. The number of hydrogen-bond donors (Lipinski definition) is 1. The van der Waals surface area contributed by atoms with Gasteiger partial charge in [-0.3, -0.25) is 0 Å². The molecule has 1 amide bonds. The number of carbonyl (C=O) groups excluding carboxylic acids is 1. The topological polar surface area (TPSA) is 48.6 Å². The number of carbonyl (C=O) groups is 1. The van der Waals surface area contributed by atoms with Crippen molar-refractivity contribution in [1.29, 1.82) is 0 Å². The average Bonchev–Trinajstić information content (AvgIpc) is 3.23. The number of benzene rings is 1. The SMILES string of the molecule is C=C.CC.CCc1[nH]c2cc(N3CCC4(CCN(C(=O)OC(C)(C)C)CC4)CC3)ccc2c1CC. The van der Waals surface area contributed by atoms with Gasteiger partial charge in [-0.15, -0.1) is 13.2 Å². The molecule has 0 atom stereocenters. The fraction of sp³-hybridized carbons (Fsp3) is 0.633. The molecule has 2 fully saturated rings. The van der Waals surface area contributed by atoms with Gasteiger partial charge in [-0.2, -0.15) is 0 Å². The van der Waals surface area contributed by atoms with Crippen LogP contribution in [-0.4, -0.2) is 47.8 Å². The number of aryl methyl sites for hydroxylation is 2. The molecule has 0 bridgehead atoms. The minimum Gasteiger partial charge on any atom is -0.444 e. The molecule has 0 unspecified atom stereocenters. The molecule has 0 saturated carbocycles. The van der Waals surface area contributed by atoms with Gasteiger partial charge in [0, 0.05) is 48.5 Å². The van der Waals surface area contributed by atoms with Crippen molar-refractivity contribution in [3.05, 3.63) is 42.6 Å². The smallest absolute Gasteiger partial charge is 0.410 e. The van der Waals surface area contributed by atoms with E-state index in [1.807, 2.05) is 39.5 Å². The third-order valence-electron chi connectivity index (χ3n) is 7.35. The van der Waals surface area contributed by atoms with Gasteiger partial charge in [0.25, 0.3) is 0 Å². The maximum atomic E-state index is 12.4. The summed E-state index contributed by atoms with van der Waals surface area (Å²) < 4.78 is 5.57. The van der Waals surface area contributed by atoms with E-state index < -0.39 is 5.60 Å². The van der Waals surface area contributed by atoms with Crippen LogP contribution in [-0.2, 0) is 17.6 Å². The van der Waals surface area contributed by atoms with E-state index in [1.54, 1.807) is 0 Å². The molecule has 35 heavy (non-hydrogen) atoms. The van der Waals surface area contributed by atoms with E-state index in [-0.39, 0.29) is 6.09 Å². The molecular formula is C30H49N3O2. The summed E-state index contributed by atoms with van der Waals surface area (Å²) in [5.41, 5.74) is 5.42. The zero-order valence-electron chi connectivity index (χ0n) is 23.4. The van der Waals surface area contributed by atoms with Crippen LogP contribution in [0.1, 0.15) is 85.4 Å². The minimum absolute atomic E-state index is 0.156. The number of aromatic nitrogens is 1. The number of rotatable bonds is 3. The zero-order valence-corrected chi connectivity index (χ0v) is 23.4. The van der Waals surface area contributed by atoms with Gasteiger partial charge in [-0.05, 0) is 82.4 Å². The average molecular weight is 484 g/mol. The number of ether oxygens (including phenoxy) is 1. The Morgan fingerprint density at radius 3 is 2.09 bits per heavy atom. The third-order valence-corrected chi connectivity index (χ3v) is 7.35. The molecule has 2 aliphatic heterocycles. The first-order chi connectivity index (χ1) is 16.7. The Morgan fingerprint density at radius 1 is 1.00 bits per heavy atom. The monoisotopic (exact) mass is 483 g/mol. The Labute approximate surface area is 213 Å². The Balaban J connectivity index is 0.00000103. The molecular weight excluding hydrogens is 434 g/mol. The number of amides is 1. The van der Waals surface area contributed by atoms with Crippen LogP contribution in [0.15, 0.2) is 31.4 Å². The van der Waals surface area contributed by atoms with Crippen LogP contribution in [0.4, 0.5) is 10.5 Å². The Morgan fingerprint density at radius 2 is 1.57 bits per heavy atom. The molecule has 2 aromatic rings. The van der Waals surface area contributed by atoms with Gasteiger partial charge in [0.15, 0.2) is 0 Å². The predicted octanol–water partition coefficient (Wildman–Crippen LogP) is 7.74. The van der Waals surface area contributed by atoms with E-state index in [2.05, 4.69) is 55.1 Å². The molecule has 2 saturated heterocycles. The van der Waals surface area contributed by atoms with Gasteiger partial charge in [0.1, 0.15) is 5.60 Å². The lowest BCUT2D eigenvalue weighted by atomic mass is 9.71. The van der Waals surface area contributed by atoms with Crippen molar-refractivity contribution in [2.75, 3.05) is 31.1 Å². The van der Waals surface area contributed by atoms with E-state index in [1.165, 1.54) is 40.7 Å². The second kappa shape index (κ2) is 12.5. The molecule has 1 N–H and O–H groups in total. The molecule has 196 valence electrons. The highest BCUT2D eigenvalue weighted by Crippen LogP contribution is 2.42. The normalized spacial score (nSPS) is 17.3. The van der Waals surface area contributed by atoms with Crippen molar-refractivity contribution < 1.29 is 9.53 Å². The summed E-state index contributed by atoms with van der Waals surface area (Å²) in [6, 6.07) is 6.96. The first kappa shape index (κ1) is 28.8. The van der Waals surface area contributed by atoms with E-state index in [4.69, 9.17) is 4.74 Å². The van der Waals surface area contributed by atoms with Crippen LogP contribution in [0.3, 0.4) is 0 Å². The molecule has 5 nitrogen and oxygen atoms in total. The number of hydrogen-bond acceptors (Lipinski definition) is 3. The number of nitrogens with zero attached hydrogens (tertiary/aromatic N) is 2. The lowest BCUT2D eigenvalue weighted by Gasteiger charge is -2.47. The Bertz CT molecular complexity index is 938. The van der Waals surface area contributed by atoms with Crippen LogP contribution in [0.25, 0.3) is 10.9 Å². The van der Waals surface area contributed by atoms with Crippen LogP contribution in [0, 0.1) is 5.41 Å². The van der Waals surface area contributed by atoms with E-state index in [0.29, 0.717) is 5.41 Å². The summed E-state index contributed by atoms with van der Waals surface area (Å²) in [5, 5.41) is 1.38. The number of piperidine rings is 2. The van der Waals surface area contributed by atoms with Crippen LogP contribution < -0.4 is 4.90 Å². The highest BCUT2D eigenvalue weighted by Gasteiger charge is 2.39. The third kappa shape index (κ3) is 6.83. The summed E-state index contributed by atoms with van der Waals surface area (Å²) in [5.74, 6) is 0. The van der Waals surface area contributed by atoms with Crippen molar-refractivity contribution >= 4 is 22.7 Å². The molecule has 3 heterocycles. The number of aromatic amines is 1. The van der Waals surface area contributed by atoms with Gasteiger partial charge in [-0.1, -0.05) is 33.8 Å². The summed E-state index contributed by atoms with van der Waals surface area (Å²) in [6.45, 7) is 24.1. The molecule has 1 aromatic carbocycles. The first-order valence-electron chi connectivity index (χ1n) is 13.6. The van der Waals surface area contributed by atoms with Gasteiger partial charge >= 0.3 is 6.09 Å². The highest BCUT2D eigenvalue weighted by atomic mass is 16.6. The molecule has 1 spiro atoms. The number of H-pyrrole nitrogens is 1. The Hall–Kier alpha value is -2.43. The van der Waals surface area contributed by atoms with Crippen molar-refractivity contribution in [3.63, 3.8) is 0 Å². The fourth-order valence-electron chi connectivity index (χ4n) is 5.43. The molecule has 0 radical (unpaired) electrons. The standard InChI is InChI=1S/C26H39N3O2.C2H6.C2H4/c1-6-20-21-9-8-19(18-23(21)27-22(20)7-2)28-14-10-26(11-15-28)12-16-29(17-13-26)24(30)31-25(3,4)5;2*1-2/h8-9,18,27H,6-7,10-17H2,1-5H3;1-2H3;1-2H2. The largest absolute Gasteiger partial charge is 0.444 e. The maximum absolute atomic E-state index is 12.4. The molecule has 4 rings (SSSR count).